The second-order valence-corrected chi connectivity index (χ2v) is 7.53. The van der Waals surface area contributed by atoms with Crippen molar-refractivity contribution in [1.82, 2.24) is 14.9 Å². The maximum Gasteiger partial charge on any atom is 0.326 e. The van der Waals surface area contributed by atoms with Gasteiger partial charge in [0.2, 0.25) is 0 Å². The van der Waals surface area contributed by atoms with E-state index >= 15 is 0 Å². The van der Waals surface area contributed by atoms with Crippen molar-refractivity contribution in [2.24, 2.45) is 0 Å². The number of carbonyl (C=O) groups is 1. The highest BCUT2D eigenvalue weighted by Crippen LogP contribution is 2.29. The average Bonchev–Trinajstić information content (AvgIpc) is 3.58. The van der Waals surface area contributed by atoms with Gasteiger partial charge in [0.05, 0.1) is 6.61 Å². The van der Waals surface area contributed by atoms with Crippen molar-refractivity contribution < 1.29 is 13.9 Å². The third-order valence-corrected chi connectivity index (χ3v) is 5.09. The van der Waals surface area contributed by atoms with Crippen molar-refractivity contribution in [2.75, 3.05) is 6.61 Å². The number of nitrogens with one attached hydrogen (secondary N) is 2. The van der Waals surface area contributed by atoms with Crippen LogP contribution in [-0.2, 0) is 13.0 Å². The molecule has 2 N–H and O–H groups in total. The summed E-state index contributed by atoms with van der Waals surface area (Å²) in [6.45, 7) is 0.835. The summed E-state index contributed by atoms with van der Waals surface area (Å²) in [5.74, 6) is 0.0730. The lowest BCUT2D eigenvalue weighted by atomic mass is 10.1. The van der Waals surface area contributed by atoms with Crippen molar-refractivity contribution in [3.05, 3.63) is 98.1 Å². The van der Waals surface area contributed by atoms with E-state index in [1.807, 2.05) is 24.3 Å². The number of hydrogen-bond acceptors (Lipinski definition) is 4. The highest BCUT2D eigenvalue weighted by atomic mass is 19.1. The van der Waals surface area contributed by atoms with E-state index in [1.54, 1.807) is 17.0 Å². The molecule has 0 unspecified atom stereocenters. The summed E-state index contributed by atoms with van der Waals surface area (Å²) in [5.41, 5.74) is 0.591. The van der Waals surface area contributed by atoms with Crippen LogP contribution in [0.2, 0.25) is 0 Å². The summed E-state index contributed by atoms with van der Waals surface area (Å²) < 4.78 is 18.7. The molecule has 7 nitrogen and oxygen atoms in total. The molecule has 1 aliphatic carbocycles. The van der Waals surface area contributed by atoms with Crippen LogP contribution in [0.4, 0.5) is 4.39 Å². The predicted molar refractivity (Wildman–Crippen MR) is 113 cm³/mol. The Morgan fingerprint density at radius 1 is 1.00 bits per heavy atom. The van der Waals surface area contributed by atoms with Crippen LogP contribution >= 0.6 is 0 Å². The molecular formula is C23H22FN3O4. The second kappa shape index (κ2) is 8.99. The number of aromatic nitrogens is 2. The molecule has 31 heavy (non-hydrogen) atoms. The van der Waals surface area contributed by atoms with E-state index in [9.17, 15) is 18.8 Å². The van der Waals surface area contributed by atoms with Gasteiger partial charge in [0.1, 0.15) is 17.3 Å². The summed E-state index contributed by atoms with van der Waals surface area (Å²) in [7, 11) is 0. The average molecular weight is 423 g/mol. The van der Waals surface area contributed by atoms with E-state index < -0.39 is 11.2 Å². The number of ether oxygens (including phenoxy) is 1. The zero-order valence-corrected chi connectivity index (χ0v) is 16.8. The molecule has 0 spiro atoms. The van der Waals surface area contributed by atoms with Crippen LogP contribution in [0.1, 0.15) is 34.5 Å². The Morgan fingerprint density at radius 3 is 2.32 bits per heavy atom. The van der Waals surface area contributed by atoms with Crippen molar-refractivity contribution >= 4 is 5.91 Å². The summed E-state index contributed by atoms with van der Waals surface area (Å²) >= 11 is 0. The first-order valence-electron chi connectivity index (χ1n) is 10.1. The number of nitrogens with zero attached hydrogens (tertiary/aromatic N) is 1. The van der Waals surface area contributed by atoms with Crippen LogP contribution in [0, 0.1) is 5.82 Å². The van der Waals surface area contributed by atoms with Gasteiger partial charge in [0, 0.05) is 25.1 Å². The van der Waals surface area contributed by atoms with Crippen LogP contribution in [0.3, 0.4) is 0 Å². The predicted octanol–water partition coefficient (Wildman–Crippen LogP) is 2.63. The highest BCUT2D eigenvalue weighted by molar-refractivity contribution is 5.92. The molecule has 1 aromatic heterocycles. The first kappa shape index (κ1) is 20.6. The Bertz CT molecular complexity index is 1140. The van der Waals surface area contributed by atoms with Crippen LogP contribution < -0.4 is 16.0 Å². The number of rotatable bonds is 8. The number of amides is 1. The Kier molecular flexibility index (Phi) is 5.97. The van der Waals surface area contributed by atoms with Gasteiger partial charge in [-0.05, 0) is 48.2 Å². The summed E-state index contributed by atoms with van der Waals surface area (Å²) in [5, 5.41) is 0. The van der Waals surface area contributed by atoms with Gasteiger partial charge in [-0.15, -0.1) is 0 Å². The fourth-order valence-corrected chi connectivity index (χ4v) is 3.32. The molecule has 0 radical (unpaired) electrons. The SMILES string of the molecule is O=C(c1cc(=O)[nH]c(=O)[nH]1)N(Cc1ccc(OCCc2ccc(F)cc2)cc1)C1CC1. The first-order valence-corrected chi connectivity index (χ1v) is 10.1. The minimum Gasteiger partial charge on any atom is -0.493 e. The lowest BCUT2D eigenvalue weighted by molar-refractivity contribution is 0.0723. The molecule has 1 amide bonds. The van der Waals surface area contributed by atoms with E-state index in [4.69, 9.17) is 4.74 Å². The van der Waals surface area contributed by atoms with Gasteiger partial charge in [0.25, 0.3) is 11.5 Å². The third kappa shape index (κ3) is 5.48. The molecule has 1 heterocycles. The molecule has 0 bridgehead atoms. The molecule has 0 aliphatic heterocycles. The highest BCUT2D eigenvalue weighted by Gasteiger charge is 2.33. The Balaban J connectivity index is 1.37. The summed E-state index contributed by atoms with van der Waals surface area (Å²) in [4.78, 5) is 42.0. The maximum absolute atomic E-state index is 13.0. The molecule has 0 atom stereocenters. The number of halogens is 1. The Labute approximate surface area is 177 Å². The molecule has 3 aromatic rings. The summed E-state index contributed by atoms with van der Waals surface area (Å²) in [6.07, 6.45) is 2.45. The van der Waals surface area contributed by atoms with E-state index in [0.29, 0.717) is 25.3 Å². The van der Waals surface area contributed by atoms with Gasteiger partial charge < -0.3 is 14.6 Å². The number of aromatic amines is 2. The van der Waals surface area contributed by atoms with Gasteiger partial charge in [-0.2, -0.15) is 0 Å². The van der Waals surface area contributed by atoms with E-state index in [0.717, 1.165) is 30.0 Å². The summed E-state index contributed by atoms with van der Waals surface area (Å²) in [6, 6.07) is 15.0. The quantitative estimate of drug-likeness (QED) is 0.582. The van der Waals surface area contributed by atoms with Crippen LogP contribution in [-0.4, -0.2) is 33.4 Å². The number of carbonyl (C=O) groups excluding carboxylic acids is 1. The molecule has 4 rings (SSSR count). The molecule has 1 fully saturated rings. The normalized spacial score (nSPS) is 13.1. The lowest BCUT2D eigenvalue weighted by Gasteiger charge is -2.22. The molecule has 160 valence electrons. The first-order chi connectivity index (χ1) is 15.0. The standard InChI is InChI=1S/C23H22FN3O4/c24-17-5-1-15(2-6-17)11-12-31-19-9-3-16(4-10-19)14-27(18-7-8-18)22(29)20-13-21(28)26-23(30)25-20/h1-6,9-10,13,18H,7-8,11-12,14H2,(H2,25,26,28,30). The van der Waals surface area contributed by atoms with Crippen LogP contribution in [0.15, 0.2) is 64.2 Å². The molecular weight excluding hydrogens is 401 g/mol. The molecule has 1 aliphatic rings. The molecule has 8 heteroatoms. The van der Waals surface area contributed by atoms with Gasteiger partial charge >= 0.3 is 5.69 Å². The van der Waals surface area contributed by atoms with Crippen molar-refractivity contribution in [2.45, 2.75) is 31.8 Å². The lowest BCUT2D eigenvalue weighted by Crippen LogP contribution is -2.36. The number of hydrogen-bond donors (Lipinski definition) is 2. The number of H-pyrrole nitrogens is 2. The molecule has 1 saturated carbocycles. The number of benzene rings is 2. The second-order valence-electron chi connectivity index (χ2n) is 7.53. The molecule has 2 aromatic carbocycles. The van der Waals surface area contributed by atoms with Gasteiger partial charge in [-0.25, -0.2) is 9.18 Å². The van der Waals surface area contributed by atoms with Crippen molar-refractivity contribution in [3.63, 3.8) is 0 Å². The van der Waals surface area contributed by atoms with Crippen LogP contribution in [0.5, 0.6) is 5.75 Å². The van der Waals surface area contributed by atoms with Crippen molar-refractivity contribution in [3.8, 4) is 5.75 Å². The van der Waals surface area contributed by atoms with Gasteiger partial charge in [-0.3, -0.25) is 14.6 Å². The minimum absolute atomic E-state index is 0.0126. The monoisotopic (exact) mass is 423 g/mol. The zero-order valence-electron chi connectivity index (χ0n) is 16.8. The largest absolute Gasteiger partial charge is 0.493 e. The van der Waals surface area contributed by atoms with E-state index in [1.165, 1.54) is 12.1 Å². The van der Waals surface area contributed by atoms with Crippen molar-refractivity contribution in [1.29, 1.82) is 0 Å². The van der Waals surface area contributed by atoms with E-state index in [-0.39, 0.29) is 23.5 Å². The minimum atomic E-state index is -0.700. The Morgan fingerprint density at radius 2 is 1.68 bits per heavy atom. The maximum atomic E-state index is 13.0. The Hall–Kier alpha value is -3.68. The van der Waals surface area contributed by atoms with Crippen LogP contribution in [0.25, 0.3) is 0 Å². The smallest absolute Gasteiger partial charge is 0.326 e. The van der Waals surface area contributed by atoms with E-state index in [2.05, 4.69) is 9.97 Å². The van der Waals surface area contributed by atoms with Gasteiger partial charge in [-0.1, -0.05) is 24.3 Å². The van der Waals surface area contributed by atoms with Gasteiger partial charge in [0.15, 0.2) is 0 Å². The topological polar surface area (TPSA) is 95.3 Å². The third-order valence-electron chi connectivity index (χ3n) is 5.09. The fourth-order valence-electron chi connectivity index (χ4n) is 3.32. The fraction of sp³-hybridized carbons (Fsp3) is 0.261. The molecule has 0 saturated heterocycles. The zero-order chi connectivity index (χ0) is 21.8.